The van der Waals surface area contributed by atoms with Gasteiger partial charge in [-0.1, -0.05) is 69.1 Å². The second kappa shape index (κ2) is 10.0. The maximum absolute atomic E-state index is 13.6. The molecule has 0 bridgehead atoms. The van der Waals surface area contributed by atoms with E-state index in [-0.39, 0.29) is 23.2 Å². The number of benzene rings is 1. The van der Waals surface area contributed by atoms with Crippen molar-refractivity contribution < 1.29 is 9.59 Å². The monoisotopic (exact) mass is 507 g/mol. The van der Waals surface area contributed by atoms with Crippen LogP contribution in [-0.2, 0) is 16.1 Å². The van der Waals surface area contributed by atoms with Gasteiger partial charge in [-0.25, -0.2) is 4.98 Å². The molecule has 33 heavy (non-hydrogen) atoms. The molecule has 176 valence electrons. The number of rotatable bonds is 7. The van der Waals surface area contributed by atoms with E-state index in [0.717, 1.165) is 17.5 Å². The molecule has 1 heterocycles. The molecule has 5 nitrogen and oxygen atoms in total. The predicted octanol–water partition coefficient (Wildman–Crippen LogP) is 6.17. The van der Waals surface area contributed by atoms with Crippen molar-refractivity contribution in [3.05, 3.63) is 69.4 Å². The lowest BCUT2D eigenvalue weighted by Crippen LogP contribution is -2.46. The minimum absolute atomic E-state index is 0.0758. The lowest BCUT2D eigenvalue weighted by molar-refractivity contribution is -0.127. The van der Waals surface area contributed by atoms with Crippen LogP contribution in [0.25, 0.3) is 0 Å². The first kappa shape index (κ1) is 25.5. The van der Waals surface area contributed by atoms with Gasteiger partial charge in [0.15, 0.2) is 0 Å². The third kappa shape index (κ3) is 4.91. The topological polar surface area (TPSA) is 62.3 Å². The summed E-state index contributed by atoms with van der Waals surface area (Å²) in [5.41, 5.74) is 1.83. The number of amides is 2. The maximum Gasteiger partial charge on any atom is 0.226 e. The number of anilines is 1. The van der Waals surface area contributed by atoms with Gasteiger partial charge in [0.1, 0.15) is 5.15 Å². The molecule has 1 aromatic carbocycles. The van der Waals surface area contributed by atoms with Crippen LogP contribution in [0.2, 0.25) is 15.2 Å². The summed E-state index contributed by atoms with van der Waals surface area (Å²) in [4.78, 5) is 31.4. The molecular weight excluding hydrogens is 481 g/mol. The quantitative estimate of drug-likeness (QED) is 0.276. The molecule has 0 saturated heterocycles. The van der Waals surface area contributed by atoms with Crippen LogP contribution in [0.4, 0.5) is 5.69 Å². The maximum atomic E-state index is 13.6. The summed E-state index contributed by atoms with van der Waals surface area (Å²) in [5, 5.41) is 4.19. The lowest BCUT2D eigenvalue weighted by Gasteiger charge is -2.36. The number of aromatic nitrogens is 1. The molecule has 4 unspecified atom stereocenters. The zero-order chi connectivity index (χ0) is 24.5. The summed E-state index contributed by atoms with van der Waals surface area (Å²) in [5.74, 6) is -0.556. The highest BCUT2D eigenvalue weighted by Gasteiger charge is 2.57. The Kier molecular flexibility index (Phi) is 7.77. The Balaban J connectivity index is 2.00. The molecule has 0 radical (unpaired) electrons. The van der Waals surface area contributed by atoms with Gasteiger partial charge in [0, 0.05) is 28.5 Å². The number of carbonyl (C=O) groups is 2. The first-order valence-corrected chi connectivity index (χ1v) is 11.9. The van der Waals surface area contributed by atoms with Crippen molar-refractivity contribution in [3.8, 4) is 0 Å². The molecule has 1 N–H and O–H groups in total. The van der Waals surface area contributed by atoms with Gasteiger partial charge in [-0.2, -0.15) is 0 Å². The fourth-order valence-electron chi connectivity index (χ4n) is 4.92. The highest BCUT2D eigenvalue weighted by molar-refractivity contribution is 6.35. The van der Waals surface area contributed by atoms with Gasteiger partial charge in [0.2, 0.25) is 12.3 Å². The van der Waals surface area contributed by atoms with Crippen molar-refractivity contribution in [2.24, 2.45) is 23.2 Å². The summed E-state index contributed by atoms with van der Waals surface area (Å²) < 4.78 is 0. The van der Waals surface area contributed by atoms with E-state index in [2.05, 4.69) is 37.7 Å². The average Bonchev–Trinajstić information content (AvgIpc) is 2.94. The highest BCUT2D eigenvalue weighted by Crippen LogP contribution is 2.56. The minimum Gasteiger partial charge on any atom is -0.352 e. The highest BCUT2D eigenvalue weighted by atomic mass is 35.5. The molecule has 1 saturated carbocycles. The number of nitrogens with one attached hydrogen (secondary N) is 1. The van der Waals surface area contributed by atoms with Crippen molar-refractivity contribution in [1.29, 1.82) is 0 Å². The molecular formula is C25H28Cl3N3O2. The van der Waals surface area contributed by atoms with Gasteiger partial charge in [0.05, 0.1) is 12.0 Å². The van der Waals surface area contributed by atoms with Crippen LogP contribution in [-0.4, -0.2) is 23.3 Å². The Bertz CT molecular complexity index is 1050. The van der Waals surface area contributed by atoms with Crippen LogP contribution in [0.3, 0.4) is 0 Å². The fraction of sp³-hybridized carbons (Fsp3) is 0.400. The van der Waals surface area contributed by atoms with E-state index in [4.69, 9.17) is 34.8 Å². The molecule has 4 atom stereocenters. The summed E-state index contributed by atoms with van der Waals surface area (Å²) in [6, 6.07) is 7.88. The van der Waals surface area contributed by atoms with E-state index in [9.17, 15) is 9.59 Å². The second-order valence-corrected chi connectivity index (χ2v) is 10.3. The zero-order valence-corrected chi connectivity index (χ0v) is 21.4. The third-order valence-electron chi connectivity index (χ3n) is 7.19. The van der Waals surface area contributed by atoms with Gasteiger partial charge >= 0.3 is 0 Å². The van der Waals surface area contributed by atoms with Crippen molar-refractivity contribution in [2.45, 2.75) is 40.3 Å². The van der Waals surface area contributed by atoms with Gasteiger partial charge in [-0.15, -0.1) is 0 Å². The van der Waals surface area contributed by atoms with E-state index in [0.29, 0.717) is 27.4 Å². The molecule has 1 aliphatic carbocycles. The van der Waals surface area contributed by atoms with E-state index in [1.54, 1.807) is 36.5 Å². The van der Waals surface area contributed by atoms with Crippen LogP contribution < -0.4 is 10.2 Å². The van der Waals surface area contributed by atoms with Gasteiger partial charge < -0.3 is 10.2 Å². The molecule has 1 aliphatic rings. The molecule has 1 fully saturated rings. The summed E-state index contributed by atoms with van der Waals surface area (Å²) >= 11 is 18.4. The van der Waals surface area contributed by atoms with Gasteiger partial charge in [-0.05, 0) is 58.7 Å². The van der Waals surface area contributed by atoms with E-state index >= 15 is 0 Å². The summed E-state index contributed by atoms with van der Waals surface area (Å²) in [6.07, 6.45) is 2.32. The second-order valence-electron chi connectivity index (χ2n) is 9.07. The van der Waals surface area contributed by atoms with Crippen LogP contribution in [0.5, 0.6) is 0 Å². The third-order valence-corrected chi connectivity index (χ3v) is 7.84. The Hall–Kier alpha value is -2.08. The first-order valence-electron chi connectivity index (χ1n) is 10.8. The Morgan fingerprint density at radius 3 is 2.42 bits per heavy atom. The predicted molar refractivity (Wildman–Crippen MR) is 135 cm³/mol. The summed E-state index contributed by atoms with van der Waals surface area (Å²) in [6.45, 7) is 13.1. The smallest absolute Gasteiger partial charge is 0.226 e. The normalized spacial score (nSPS) is 24.7. The van der Waals surface area contributed by atoms with E-state index in [1.807, 2.05) is 6.92 Å². The van der Waals surface area contributed by atoms with Crippen molar-refractivity contribution in [3.63, 3.8) is 0 Å². The van der Waals surface area contributed by atoms with E-state index in [1.165, 1.54) is 4.90 Å². The molecule has 2 amide bonds. The number of hydrogen-bond acceptors (Lipinski definition) is 3. The van der Waals surface area contributed by atoms with Crippen molar-refractivity contribution in [1.82, 2.24) is 10.3 Å². The Morgan fingerprint density at radius 1 is 1.24 bits per heavy atom. The molecule has 0 spiro atoms. The van der Waals surface area contributed by atoms with Crippen LogP contribution in [0.15, 0.2) is 48.7 Å². The summed E-state index contributed by atoms with van der Waals surface area (Å²) in [7, 11) is 0. The van der Waals surface area contributed by atoms with Gasteiger partial charge in [0.25, 0.3) is 0 Å². The Labute approximate surface area is 210 Å². The van der Waals surface area contributed by atoms with Crippen molar-refractivity contribution >= 4 is 52.8 Å². The number of pyridine rings is 1. The standard InChI is InChI=1S/C25H28Cl3N3O2/c1-14(2)25(5)15(3)22(24(33)30-12-17-6-7-29-21(28)8-17)23(16(25)4)31(13-32)20-10-18(26)9-19(27)11-20/h6-11,13-15,22-23H,4,12H2,1-3,5H3,(H,30,33). The SMILES string of the molecule is C=C1C(N(C=O)c2cc(Cl)cc(Cl)c2)C(C(=O)NCc2ccnc(Cl)c2)C(C)C1(C)C(C)C. The van der Waals surface area contributed by atoms with E-state index < -0.39 is 12.0 Å². The Morgan fingerprint density at radius 2 is 1.88 bits per heavy atom. The lowest BCUT2D eigenvalue weighted by atomic mass is 9.68. The van der Waals surface area contributed by atoms with Gasteiger partial charge in [-0.3, -0.25) is 9.59 Å². The molecule has 2 aromatic rings. The molecule has 8 heteroatoms. The van der Waals surface area contributed by atoms with Crippen molar-refractivity contribution in [2.75, 3.05) is 4.90 Å². The number of nitrogens with zero attached hydrogens (tertiary/aromatic N) is 2. The van der Waals surface area contributed by atoms with Crippen LogP contribution in [0, 0.1) is 23.2 Å². The number of halogens is 3. The number of carbonyl (C=O) groups excluding carboxylic acids is 2. The molecule has 1 aromatic heterocycles. The molecule has 0 aliphatic heterocycles. The fourth-order valence-corrected chi connectivity index (χ4v) is 5.63. The first-order chi connectivity index (χ1) is 15.5. The van der Waals surface area contributed by atoms with Crippen LogP contribution in [0.1, 0.15) is 33.3 Å². The average molecular weight is 509 g/mol. The molecule has 3 rings (SSSR count). The zero-order valence-electron chi connectivity index (χ0n) is 19.1. The minimum atomic E-state index is -0.555. The largest absolute Gasteiger partial charge is 0.352 e. The van der Waals surface area contributed by atoms with Crippen LogP contribution >= 0.6 is 34.8 Å². The number of hydrogen-bond donors (Lipinski definition) is 1.